The Labute approximate surface area is 176 Å². The van der Waals surface area contributed by atoms with Crippen LogP contribution in [0.3, 0.4) is 0 Å². The molecule has 1 aromatic carbocycles. The molecular formula is C24H24FN5. The maximum atomic E-state index is 14.2. The largest absolute Gasteiger partial charge is 0.340 e. The van der Waals surface area contributed by atoms with Crippen molar-refractivity contribution in [3.05, 3.63) is 59.8 Å². The van der Waals surface area contributed by atoms with Crippen molar-refractivity contribution in [3.8, 4) is 28.5 Å². The molecule has 0 radical (unpaired) electrons. The molecule has 1 saturated heterocycles. The molecule has 1 fully saturated rings. The smallest absolute Gasteiger partial charge is 0.225 e. The van der Waals surface area contributed by atoms with E-state index in [1.165, 1.54) is 24.6 Å². The van der Waals surface area contributed by atoms with Crippen molar-refractivity contribution in [3.63, 3.8) is 0 Å². The number of nitriles is 1. The lowest BCUT2D eigenvalue weighted by molar-refractivity contribution is 0.353. The van der Waals surface area contributed by atoms with Crippen LogP contribution in [-0.4, -0.2) is 28.0 Å². The van der Waals surface area contributed by atoms with E-state index < -0.39 is 5.82 Å². The number of piperidine rings is 1. The van der Waals surface area contributed by atoms with Gasteiger partial charge in [-0.3, -0.25) is 4.98 Å². The van der Waals surface area contributed by atoms with Gasteiger partial charge in [0, 0.05) is 42.3 Å². The van der Waals surface area contributed by atoms with E-state index in [-0.39, 0.29) is 0 Å². The number of aromatic nitrogens is 3. The maximum absolute atomic E-state index is 14.2. The van der Waals surface area contributed by atoms with Crippen molar-refractivity contribution in [2.75, 3.05) is 18.0 Å². The molecule has 0 saturated carbocycles. The second kappa shape index (κ2) is 8.19. The fraction of sp³-hybridized carbons (Fsp3) is 0.333. The minimum atomic E-state index is -0.402. The molecule has 3 aromatic rings. The fourth-order valence-electron chi connectivity index (χ4n) is 4.29. The van der Waals surface area contributed by atoms with Crippen molar-refractivity contribution in [2.24, 2.45) is 11.8 Å². The van der Waals surface area contributed by atoms with Crippen LogP contribution in [0.25, 0.3) is 22.4 Å². The molecule has 152 valence electrons. The van der Waals surface area contributed by atoms with Crippen LogP contribution < -0.4 is 4.90 Å². The van der Waals surface area contributed by atoms with Crippen LogP contribution >= 0.6 is 0 Å². The Morgan fingerprint density at radius 1 is 1.07 bits per heavy atom. The molecule has 2 aromatic heterocycles. The Kier molecular flexibility index (Phi) is 5.45. The molecule has 0 spiro atoms. The van der Waals surface area contributed by atoms with Gasteiger partial charge in [0.15, 0.2) is 0 Å². The van der Waals surface area contributed by atoms with Gasteiger partial charge in [-0.25, -0.2) is 14.4 Å². The first-order valence-electron chi connectivity index (χ1n) is 10.2. The Morgan fingerprint density at radius 3 is 2.53 bits per heavy atom. The number of anilines is 1. The molecule has 1 aliphatic heterocycles. The average Bonchev–Trinajstić information content (AvgIpc) is 2.72. The zero-order valence-electron chi connectivity index (χ0n) is 17.4. The van der Waals surface area contributed by atoms with Gasteiger partial charge in [0.05, 0.1) is 17.3 Å². The predicted octanol–water partition coefficient (Wildman–Crippen LogP) is 5.01. The van der Waals surface area contributed by atoms with Gasteiger partial charge in [0.1, 0.15) is 5.82 Å². The van der Waals surface area contributed by atoms with Crippen LogP contribution in [0, 0.1) is 35.9 Å². The minimum absolute atomic E-state index is 0.383. The summed E-state index contributed by atoms with van der Waals surface area (Å²) in [5.74, 6) is 1.31. The van der Waals surface area contributed by atoms with Crippen molar-refractivity contribution < 1.29 is 4.39 Å². The summed E-state index contributed by atoms with van der Waals surface area (Å²) in [6.45, 7) is 8.14. The molecular weight excluding hydrogens is 377 g/mol. The third kappa shape index (κ3) is 4.02. The molecule has 0 unspecified atom stereocenters. The SMILES string of the molecule is Cc1cc(-c2cnc(N3C[C@H](C)C[C@H](C)C3)nc2-c2cc(F)ccc2C#N)ccn1. The number of pyridine rings is 1. The number of rotatable bonds is 3. The normalized spacial score (nSPS) is 18.8. The topological polar surface area (TPSA) is 65.7 Å². The highest BCUT2D eigenvalue weighted by Gasteiger charge is 2.25. The Bertz CT molecular complexity index is 1110. The van der Waals surface area contributed by atoms with Crippen LogP contribution in [0.15, 0.2) is 42.7 Å². The first kappa shape index (κ1) is 20.0. The molecule has 30 heavy (non-hydrogen) atoms. The van der Waals surface area contributed by atoms with Crippen LogP contribution in [-0.2, 0) is 0 Å². The third-order valence-corrected chi connectivity index (χ3v) is 5.49. The highest BCUT2D eigenvalue weighted by molar-refractivity contribution is 5.83. The number of aryl methyl sites for hydroxylation is 1. The first-order chi connectivity index (χ1) is 14.4. The summed E-state index contributed by atoms with van der Waals surface area (Å²) in [6, 6.07) is 10.2. The number of hydrogen-bond donors (Lipinski definition) is 0. The van der Waals surface area contributed by atoms with Gasteiger partial charge in [0.25, 0.3) is 0 Å². The van der Waals surface area contributed by atoms with Crippen molar-refractivity contribution in [2.45, 2.75) is 27.2 Å². The van der Waals surface area contributed by atoms with Gasteiger partial charge >= 0.3 is 0 Å². The second-order valence-corrected chi connectivity index (χ2v) is 8.27. The van der Waals surface area contributed by atoms with E-state index >= 15 is 0 Å². The number of nitrogens with zero attached hydrogens (tertiary/aromatic N) is 5. The molecule has 0 aliphatic carbocycles. The first-order valence-corrected chi connectivity index (χ1v) is 10.2. The van der Waals surface area contributed by atoms with E-state index in [9.17, 15) is 9.65 Å². The summed E-state index contributed by atoms with van der Waals surface area (Å²) in [5.41, 5.74) is 3.92. The van der Waals surface area contributed by atoms with Gasteiger partial charge in [0.2, 0.25) is 5.95 Å². The van der Waals surface area contributed by atoms with Gasteiger partial charge < -0.3 is 4.90 Å². The summed E-state index contributed by atoms with van der Waals surface area (Å²) in [7, 11) is 0. The van der Waals surface area contributed by atoms with Crippen LogP contribution in [0.1, 0.15) is 31.5 Å². The molecule has 0 N–H and O–H groups in total. The minimum Gasteiger partial charge on any atom is -0.340 e. The number of halogens is 1. The van der Waals surface area contributed by atoms with Crippen LogP contribution in [0.2, 0.25) is 0 Å². The average molecular weight is 401 g/mol. The monoisotopic (exact) mass is 401 g/mol. The molecule has 4 rings (SSSR count). The van der Waals surface area contributed by atoms with Crippen LogP contribution in [0.5, 0.6) is 0 Å². The van der Waals surface area contributed by atoms with E-state index in [0.29, 0.717) is 34.6 Å². The van der Waals surface area contributed by atoms with Crippen molar-refractivity contribution in [1.29, 1.82) is 5.26 Å². The summed E-state index contributed by atoms with van der Waals surface area (Å²) in [5, 5.41) is 9.63. The number of benzene rings is 1. The Hall–Kier alpha value is -3.33. The van der Waals surface area contributed by atoms with E-state index in [1.54, 1.807) is 12.4 Å². The lowest BCUT2D eigenvalue weighted by Gasteiger charge is -2.35. The highest BCUT2D eigenvalue weighted by Crippen LogP contribution is 2.34. The summed E-state index contributed by atoms with van der Waals surface area (Å²) >= 11 is 0. The van der Waals surface area contributed by atoms with Crippen molar-refractivity contribution in [1.82, 2.24) is 15.0 Å². The fourth-order valence-corrected chi connectivity index (χ4v) is 4.29. The lowest BCUT2D eigenvalue weighted by Crippen LogP contribution is -2.39. The Morgan fingerprint density at radius 2 is 1.83 bits per heavy atom. The molecule has 2 atom stereocenters. The van der Waals surface area contributed by atoms with Crippen LogP contribution in [0.4, 0.5) is 10.3 Å². The number of hydrogen-bond acceptors (Lipinski definition) is 5. The van der Waals surface area contributed by atoms with E-state index in [2.05, 4.69) is 34.8 Å². The zero-order chi connectivity index (χ0) is 21.3. The second-order valence-electron chi connectivity index (χ2n) is 8.27. The molecule has 3 heterocycles. The van der Waals surface area contributed by atoms with Gasteiger partial charge in [-0.05, 0) is 61.1 Å². The molecule has 6 heteroatoms. The Balaban J connectivity index is 1.90. The summed E-state index contributed by atoms with van der Waals surface area (Å²) in [4.78, 5) is 16.0. The van der Waals surface area contributed by atoms with Gasteiger partial charge in [-0.15, -0.1) is 0 Å². The van der Waals surface area contributed by atoms with E-state index in [0.717, 1.165) is 29.9 Å². The van der Waals surface area contributed by atoms with Crippen molar-refractivity contribution >= 4 is 5.95 Å². The van der Waals surface area contributed by atoms with E-state index in [4.69, 9.17) is 4.98 Å². The lowest BCUT2D eigenvalue weighted by atomic mass is 9.92. The third-order valence-electron chi connectivity index (χ3n) is 5.49. The van der Waals surface area contributed by atoms with Gasteiger partial charge in [-0.2, -0.15) is 5.26 Å². The molecule has 1 aliphatic rings. The maximum Gasteiger partial charge on any atom is 0.225 e. The summed E-state index contributed by atoms with van der Waals surface area (Å²) in [6.07, 6.45) is 4.69. The molecule has 5 nitrogen and oxygen atoms in total. The standard InChI is InChI=1S/C24H24FN5/c1-15-8-16(2)14-30(13-15)24-28-12-22(18-6-7-27-17(3)9-18)23(29-24)21-10-20(25)5-4-19(21)11-26/h4-7,9-10,12,15-16H,8,13-14H2,1-3H3/t15-,16+. The highest BCUT2D eigenvalue weighted by atomic mass is 19.1. The molecule has 0 bridgehead atoms. The zero-order valence-corrected chi connectivity index (χ0v) is 17.4. The predicted molar refractivity (Wildman–Crippen MR) is 115 cm³/mol. The van der Waals surface area contributed by atoms with E-state index in [1.807, 2.05) is 19.1 Å². The summed E-state index contributed by atoms with van der Waals surface area (Å²) < 4.78 is 14.2. The van der Waals surface area contributed by atoms with Gasteiger partial charge in [-0.1, -0.05) is 13.8 Å². The molecule has 0 amide bonds. The quantitative estimate of drug-likeness (QED) is 0.617.